The van der Waals surface area contributed by atoms with E-state index < -0.39 is 5.67 Å². The van der Waals surface area contributed by atoms with Gasteiger partial charge in [0.2, 0.25) is 0 Å². The van der Waals surface area contributed by atoms with Gasteiger partial charge in [-0.1, -0.05) is 18.2 Å². The van der Waals surface area contributed by atoms with Crippen LogP contribution in [-0.2, 0) is 5.67 Å². The quantitative estimate of drug-likeness (QED) is 0.718. The number of thioether (sulfide) groups is 1. The van der Waals surface area contributed by atoms with Crippen LogP contribution in [0.5, 0.6) is 0 Å². The van der Waals surface area contributed by atoms with Crippen molar-refractivity contribution in [2.45, 2.75) is 19.0 Å². The molecule has 1 heterocycles. The van der Waals surface area contributed by atoms with E-state index in [0.29, 0.717) is 23.3 Å². The van der Waals surface area contributed by atoms with Crippen molar-refractivity contribution in [2.24, 2.45) is 0 Å². The average Bonchev–Trinajstić information content (AvgIpc) is 2.67. The smallest absolute Gasteiger partial charge is 0.159 e. The summed E-state index contributed by atoms with van der Waals surface area (Å²) in [5.74, 6) is 1.36. The zero-order valence-corrected chi connectivity index (χ0v) is 9.44. The number of hydrogen-bond donors (Lipinski definition) is 0. The maximum atomic E-state index is 14.4. The van der Waals surface area contributed by atoms with Crippen molar-refractivity contribution in [3.8, 4) is 0 Å². The van der Waals surface area contributed by atoms with Gasteiger partial charge in [-0.2, -0.15) is 11.8 Å². The molecule has 0 aromatic heterocycles. The summed E-state index contributed by atoms with van der Waals surface area (Å²) in [7, 11) is 0. The summed E-state index contributed by atoms with van der Waals surface area (Å²) in [4.78, 5) is 11.2. The number of Topliss-reactive ketones (excluding diaryl/α,β-unsaturated/α-hetero) is 1. The van der Waals surface area contributed by atoms with Gasteiger partial charge >= 0.3 is 0 Å². The topological polar surface area (TPSA) is 17.1 Å². The number of rotatable bonds is 2. The van der Waals surface area contributed by atoms with Crippen LogP contribution in [0.15, 0.2) is 24.3 Å². The molecule has 0 saturated carbocycles. The molecule has 0 radical (unpaired) electrons. The minimum absolute atomic E-state index is 0.00824. The third-order valence-electron chi connectivity index (χ3n) is 2.76. The molecule has 1 aromatic carbocycles. The summed E-state index contributed by atoms with van der Waals surface area (Å²) in [5.41, 5.74) is 0.0254. The third kappa shape index (κ3) is 2.07. The van der Waals surface area contributed by atoms with Crippen LogP contribution in [0.4, 0.5) is 4.39 Å². The van der Waals surface area contributed by atoms with Gasteiger partial charge in [0.15, 0.2) is 5.78 Å². The van der Waals surface area contributed by atoms with Crippen LogP contribution in [-0.4, -0.2) is 17.3 Å². The summed E-state index contributed by atoms with van der Waals surface area (Å²) < 4.78 is 14.4. The Morgan fingerprint density at radius 2 is 2.33 bits per heavy atom. The Labute approximate surface area is 93.1 Å². The Bertz CT molecular complexity index is 383. The van der Waals surface area contributed by atoms with E-state index in [1.165, 1.54) is 6.92 Å². The number of carbonyl (C=O) groups excluding carboxylic acids is 1. The molecular formula is C12H13FOS. The number of hydrogen-bond acceptors (Lipinski definition) is 2. The normalized spacial score (nSPS) is 25.5. The lowest BCUT2D eigenvalue weighted by molar-refractivity contribution is 0.101. The molecule has 15 heavy (non-hydrogen) atoms. The fraction of sp³-hybridized carbons (Fsp3) is 0.417. The standard InChI is InChI=1S/C12H13FOS/c1-9(14)10-3-2-4-11(7-10)12(13)5-6-15-8-12/h2-4,7H,5-6,8H2,1H3. The van der Waals surface area contributed by atoms with Gasteiger partial charge < -0.3 is 0 Å². The lowest BCUT2D eigenvalue weighted by Gasteiger charge is -2.18. The molecule has 1 fully saturated rings. The molecule has 1 aliphatic heterocycles. The van der Waals surface area contributed by atoms with E-state index in [9.17, 15) is 9.18 Å². The maximum absolute atomic E-state index is 14.4. The molecule has 1 saturated heterocycles. The summed E-state index contributed by atoms with van der Waals surface area (Å²) in [6.07, 6.45) is 0.555. The molecular weight excluding hydrogens is 211 g/mol. The van der Waals surface area contributed by atoms with Crippen molar-refractivity contribution >= 4 is 17.5 Å². The molecule has 1 nitrogen and oxygen atoms in total. The number of ketones is 1. The highest BCUT2D eigenvalue weighted by atomic mass is 32.2. The molecule has 0 N–H and O–H groups in total. The van der Waals surface area contributed by atoms with Gasteiger partial charge in [-0.15, -0.1) is 0 Å². The van der Waals surface area contributed by atoms with Gasteiger partial charge in [0.1, 0.15) is 5.67 Å². The highest BCUT2D eigenvalue weighted by Gasteiger charge is 2.36. The second-order valence-corrected chi connectivity index (χ2v) is 5.01. The number of carbonyl (C=O) groups is 1. The zero-order chi connectivity index (χ0) is 10.9. The van der Waals surface area contributed by atoms with Crippen LogP contribution in [0.25, 0.3) is 0 Å². The Kier molecular flexibility index (Phi) is 2.83. The fourth-order valence-corrected chi connectivity index (χ4v) is 3.03. The molecule has 0 aliphatic carbocycles. The average molecular weight is 224 g/mol. The van der Waals surface area contributed by atoms with E-state index in [2.05, 4.69) is 0 Å². The second-order valence-electron chi connectivity index (χ2n) is 3.90. The van der Waals surface area contributed by atoms with Gasteiger partial charge in [-0.05, 0) is 30.7 Å². The first-order valence-corrected chi connectivity index (χ1v) is 6.15. The summed E-state index contributed by atoms with van der Waals surface area (Å²) >= 11 is 1.63. The summed E-state index contributed by atoms with van der Waals surface area (Å²) in [6.45, 7) is 1.51. The van der Waals surface area contributed by atoms with Crippen LogP contribution in [0, 0.1) is 0 Å². The van der Waals surface area contributed by atoms with Crippen molar-refractivity contribution in [3.05, 3.63) is 35.4 Å². The molecule has 1 atom stereocenters. The van der Waals surface area contributed by atoms with Crippen LogP contribution < -0.4 is 0 Å². The van der Waals surface area contributed by atoms with Crippen molar-refractivity contribution in [1.82, 2.24) is 0 Å². The number of halogens is 1. The van der Waals surface area contributed by atoms with Crippen LogP contribution in [0.1, 0.15) is 29.3 Å². The van der Waals surface area contributed by atoms with Crippen LogP contribution in [0.3, 0.4) is 0 Å². The molecule has 1 aliphatic rings. The van der Waals surface area contributed by atoms with Crippen molar-refractivity contribution in [2.75, 3.05) is 11.5 Å². The van der Waals surface area contributed by atoms with Crippen molar-refractivity contribution in [1.29, 1.82) is 0 Å². The minimum atomic E-state index is -1.23. The molecule has 0 amide bonds. The Morgan fingerprint density at radius 1 is 1.53 bits per heavy atom. The van der Waals surface area contributed by atoms with E-state index in [-0.39, 0.29) is 5.78 Å². The predicted octanol–water partition coefficient (Wildman–Crippen LogP) is 3.19. The largest absolute Gasteiger partial charge is 0.295 e. The van der Waals surface area contributed by atoms with Gasteiger partial charge in [-0.3, -0.25) is 4.79 Å². The predicted molar refractivity (Wildman–Crippen MR) is 61.2 cm³/mol. The van der Waals surface area contributed by atoms with Gasteiger partial charge in [-0.25, -0.2) is 4.39 Å². The van der Waals surface area contributed by atoms with Crippen molar-refractivity contribution in [3.63, 3.8) is 0 Å². The number of alkyl halides is 1. The molecule has 0 bridgehead atoms. The van der Waals surface area contributed by atoms with Gasteiger partial charge in [0.25, 0.3) is 0 Å². The number of benzene rings is 1. The van der Waals surface area contributed by atoms with E-state index in [4.69, 9.17) is 0 Å². The second kappa shape index (κ2) is 3.97. The first-order valence-electron chi connectivity index (χ1n) is 5.00. The lowest BCUT2D eigenvalue weighted by atomic mass is 9.93. The first-order chi connectivity index (χ1) is 7.12. The molecule has 80 valence electrons. The van der Waals surface area contributed by atoms with E-state index in [0.717, 1.165) is 5.75 Å². The zero-order valence-electron chi connectivity index (χ0n) is 8.63. The fourth-order valence-electron chi connectivity index (χ4n) is 1.78. The molecule has 3 heteroatoms. The minimum Gasteiger partial charge on any atom is -0.295 e. The molecule has 2 rings (SSSR count). The van der Waals surface area contributed by atoms with Gasteiger partial charge in [0.05, 0.1) is 0 Å². The van der Waals surface area contributed by atoms with Crippen molar-refractivity contribution < 1.29 is 9.18 Å². The monoisotopic (exact) mass is 224 g/mol. The molecule has 1 aromatic rings. The Hall–Kier alpha value is -0.830. The van der Waals surface area contributed by atoms with E-state index in [1.807, 2.05) is 0 Å². The molecule has 0 spiro atoms. The third-order valence-corrected chi connectivity index (χ3v) is 3.91. The van der Waals surface area contributed by atoms with Crippen LogP contribution >= 0.6 is 11.8 Å². The SMILES string of the molecule is CC(=O)c1cccc(C2(F)CCSC2)c1. The Morgan fingerprint density at radius 3 is 2.93 bits per heavy atom. The van der Waals surface area contributed by atoms with E-state index >= 15 is 0 Å². The lowest BCUT2D eigenvalue weighted by Crippen LogP contribution is -2.19. The first kappa shape index (κ1) is 10.7. The van der Waals surface area contributed by atoms with Gasteiger partial charge in [0, 0.05) is 11.3 Å². The van der Waals surface area contributed by atoms with E-state index in [1.54, 1.807) is 36.0 Å². The Balaban J connectivity index is 2.36. The summed E-state index contributed by atoms with van der Waals surface area (Å²) in [5, 5.41) is 0. The van der Waals surface area contributed by atoms with Crippen LogP contribution in [0.2, 0.25) is 0 Å². The summed E-state index contributed by atoms with van der Waals surface area (Å²) in [6, 6.07) is 6.96. The molecule has 1 unspecified atom stereocenters. The highest BCUT2D eigenvalue weighted by Crippen LogP contribution is 2.40. The maximum Gasteiger partial charge on any atom is 0.159 e. The highest BCUT2D eigenvalue weighted by molar-refractivity contribution is 7.99.